The maximum absolute atomic E-state index is 14.6. The number of H-pyrrole nitrogens is 1. The van der Waals surface area contributed by atoms with Gasteiger partial charge in [0.05, 0.1) is 23.9 Å². The first-order chi connectivity index (χ1) is 20.6. The Morgan fingerprint density at radius 1 is 1.33 bits per heavy atom. The van der Waals surface area contributed by atoms with Gasteiger partial charge in [0, 0.05) is 24.7 Å². The number of aliphatic hydroxyl groups excluding tert-OH is 1. The third kappa shape index (κ3) is 6.45. The van der Waals surface area contributed by atoms with Gasteiger partial charge in [-0.25, -0.2) is 22.7 Å². The quantitative estimate of drug-likeness (QED) is 0.234. The van der Waals surface area contributed by atoms with Crippen molar-refractivity contribution >= 4 is 39.0 Å². The van der Waals surface area contributed by atoms with Gasteiger partial charge in [-0.05, 0) is 55.7 Å². The molecule has 2 N–H and O–H groups in total. The zero-order valence-corrected chi connectivity index (χ0v) is 24.9. The van der Waals surface area contributed by atoms with Gasteiger partial charge in [-0.2, -0.15) is 0 Å². The van der Waals surface area contributed by atoms with E-state index in [9.17, 15) is 22.7 Å². The lowest BCUT2D eigenvalue weighted by molar-refractivity contribution is 0.186. The summed E-state index contributed by atoms with van der Waals surface area (Å²) >= 11 is 6.26. The summed E-state index contributed by atoms with van der Waals surface area (Å²) in [5, 5.41) is 19.7. The van der Waals surface area contributed by atoms with Gasteiger partial charge >= 0.3 is 5.76 Å². The molecule has 0 radical (unpaired) electrons. The minimum absolute atomic E-state index is 0.0912. The lowest BCUT2D eigenvalue weighted by atomic mass is 10.0. The Kier molecular flexibility index (Phi) is 8.89. The van der Waals surface area contributed by atoms with Crippen LogP contribution in [0.4, 0.5) is 10.1 Å². The largest absolute Gasteiger partial charge is 0.486 e. The molecule has 0 aliphatic carbocycles. The van der Waals surface area contributed by atoms with Crippen molar-refractivity contribution in [3.8, 4) is 11.6 Å². The fourth-order valence-corrected chi connectivity index (χ4v) is 6.62. The highest BCUT2D eigenvalue weighted by Gasteiger charge is 2.38. The highest BCUT2D eigenvalue weighted by molar-refractivity contribution is 7.93. The molecule has 43 heavy (non-hydrogen) atoms. The van der Waals surface area contributed by atoms with Crippen LogP contribution in [0, 0.1) is 5.82 Å². The van der Waals surface area contributed by atoms with Crippen LogP contribution in [0.2, 0.25) is 5.02 Å². The first-order valence-corrected chi connectivity index (χ1v) is 15.2. The van der Waals surface area contributed by atoms with Crippen molar-refractivity contribution in [1.29, 1.82) is 0 Å². The van der Waals surface area contributed by atoms with Crippen molar-refractivity contribution in [2.24, 2.45) is 0 Å². The summed E-state index contributed by atoms with van der Waals surface area (Å²) in [6.45, 7) is 3.33. The molecule has 2 aromatic carbocycles. The van der Waals surface area contributed by atoms with E-state index in [2.05, 4.69) is 15.3 Å². The molecule has 2 aromatic heterocycles. The second-order valence-corrected chi connectivity index (χ2v) is 11.9. The number of aromatic amines is 1. The molecule has 3 heterocycles. The maximum Gasteiger partial charge on any atom is 0.434 e. The van der Waals surface area contributed by atoms with E-state index < -0.39 is 27.7 Å². The fraction of sp³-hybridized carbons (Fsp3) is 0.321. The number of aliphatic hydroxyl groups is 1. The Labute approximate surface area is 251 Å². The molecule has 0 fully saturated rings. The topological polar surface area (TPSA) is 153 Å². The number of sulfonamides is 1. The van der Waals surface area contributed by atoms with Crippen molar-refractivity contribution < 1.29 is 31.8 Å². The van der Waals surface area contributed by atoms with Gasteiger partial charge in [-0.15, -0.1) is 10.2 Å². The number of aromatic nitrogens is 4. The summed E-state index contributed by atoms with van der Waals surface area (Å²) in [6.07, 6.45) is 2.94. The van der Waals surface area contributed by atoms with Gasteiger partial charge in [0.1, 0.15) is 24.3 Å². The minimum Gasteiger partial charge on any atom is -0.486 e. The van der Waals surface area contributed by atoms with Crippen molar-refractivity contribution in [3.63, 3.8) is 0 Å². The molecule has 0 bridgehead atoms. The number of anilines is 1. The zero-order valence-electron chi connectivity index (χ0n) is 23.3. The van der Waals surface area contributed by atoms with E-state index in [1.165, 1.54) is 27.3 Å². The van der Waals surface area contributed by atoms with Crippen LogP contribution in [0.3, 0.4) is 0 Å². The second kappa shape index (κ2) is 12.6. The van der Waals surface area contributed by atoms with Crippen LogP contribution in [0.15, 0.2) is 56.7 Å². The number of aryl methyl sites for hydroxylation is 2. The average molecular weight is 634 g/mol. The molecule has 1 aliphatic heterocycles. The first-order valence-electron chi connectivity index (χ1n) is 13.4. The average Bonchev–Trinajstić information content (AvgIpc) is 3.60. The SMILES string of the molecule is CCn1cc(S(=O)(=O)N2C[C@H](CCc3n[nH]c(=O)o3)Oc3ccc(/C=C(\C)c4c(F)cccc4Cl)cc32)c(OCCO)n1. The summed E-state index contributed by atoms with van der Waals surface area (Å²) in [4.78, 5) is 11.2. The molecule has 0 spiro atoms. The molecule has 228 valence electrons. The van der Waals surface area contributed by atoms with Gasteiger partial charge in [-0.3, -0.25) is 8.99 Å². The van der Waals surface area contributed by atoms with E-state index in [1.54, 1.807) is 44.2 Å². The normalized spacial score (nSPS) is 15.3. The number of ether oxygens (including phenoxy) is 2. The minimum atomic E-state index is -4.28. The number of benzene rings is 2. The lowest BCUT2D eigenvalue weighted by Gasteiger charge is -2.35. The molecule has 5 rings (SSSR count). The maximum atomic E-state index is 14.6. The van der Waals surface area contributed by atoms with E-state index >= 15 is 0 Å². The fourth-order valence-electron chi connectivity index (χ4n) is 4.73. The molecule has 15 heteroatoms. The van der Waals surface area contributed by atoms with E-state index in [0.717, 1.165) is 0 Å². The van der Waals surface area contributed by atoms with Crippen LogP contribution in [0.1, 0.15) is 37.3 Å². The number of hydrogen-bond donors (Lipinski definition) is 2. The lowest BCUT2D eigenvalue weighted by Crippen LogP contribution is -2.43. The van der Waals surface area contributed by atoms with Crippen LogP contribution in [-0.4, -0.2) is 59.4 Å². The Bertz CT molecular complexity index is 1800. The molecule has 1 atom stereocenters. The number of hydrogen-bond acceptors (Lipinski definition) is 9. The molecule has 4 aromatic rings. The Morgan fingerprint density at radius 3 is 2.84 bits per heavy atom. The molecule has 0 unspecified atom stereocenters. The van der Waals surface area contributed by atoms with E-state index in [-0.39, 0.29) is 65.5 Å². The summed E-state index contributed by atoms with van der Waals surface area (Å²) in [6, 6.07) is 9.42. The van der Waals surface area contributed by atoms with E-state index in [0.29, 0.717) is 23.4 Å². The van der Waals surface area contributed by atoms with E-state index in [4.69, 9.17) is 25.5 Å². The molecular formula is C28H29ClFN5O7S. The predicted octanol–water partition coefficient (Wildman–Crippen LogP) is 3.89. The van der Waals surface area contributed by atoms with E-state index in [1.807, 2.05) is 0 Å². The smallest absolute Gasteiger partial charge is 0.434 e. The van der Waals surface area contributed by atoms with Crippen LogP contribution in [0.25, 0.3) is 11.6 Å². The zero-order chi connectivity index (χ0) is 30.7. The molecule has 0 saturated carbocycles. The van der Waals surface area contributed by atoms with Crippen molar-refractivity contribution in [2.45, 2.75) is 44.2 Å². The Morgan fingerprint density at radius 2 is 2.14 bits per heavy atom. The molecular weight excluding hydrogens is 605 g/mol. The number of halogens is 2. The molecule has 1 aliphatic rings. The third-order valence-electron chi connectivity index (χ3n) is 6.74. The Balaban J connectivity index is 1.56. The van der Waals surface area contributed by atoms with Crippen LogP contribution >= 0.6 is 11.6 Å². The number of nitrogens with zero attached hydrogens (tertiary/aromatic N) is 4. The molecule has 0 amide bonds. The molecule has 0 saturated heterocycles. The number of nitrogens with one attached hydrogen (secondary N) is 1. The number of fused-ring (bicyclic) bond motifs is 1. The molecule has 12 nitrogen and oxygen atoms in total. The van der Waals surface area contributed by atoms with Crippen molar-refractivity contribution in [1.82, 2.24) is 20.0 Å². The number of rotatable bonds is 11. The van der Waals surface area contributed by atoms with Gasteiger partial charge in [0.25, 0.3) is 15.9 Å². The van der Waals surface area contributed by atoms with Crippen LogP contribution in [-0.2, 0) is 23.0 Å². The van der Waals surface area contributed by atoms with Crippen molar-refractivity contribution in [2.75, 3.05) is 24.1 Å². The third-order valence-corrected chi connectivity index (χ3v) is 8.81. The predicted molar refractivity (Wildman–Crippen MR) is 156 cm³/mol. The van der Waals surface area contributed by atoms with Gasteiger partial charge in [-0.1, -0.05) is 29.8 Å². The summed E-state index contributed by atoms with van der Waals surface area (Å²) in [5.41, 5.74) is 1.61. The van der Waals surface area contributed by atoms with Gasteiger partial charge < -0.3 is 19.0 Å². The summed E-state index contributed by atoms with van der Waals surface area (Å²) < 4.78 is 62.4. The highest BCUT2D eigenvalue weighted by Crippen LogP contribution is 2.41. The summed E-state index contributed by atoms with van der Waals surface area (Å²) in [5.74, 6) is -0.848. The monoisotopic (exact) mass is 633 g/mol. The highest BCUT2D eigenvalue weighted by atomic mass is 35.5. The van der Waals surface area contributed by atoms with Gasteiger partial charge in [0.2, 0.25) is 5.89 Å². The number of allylic oxidation sites excluding steroid dienone is 1. The summed E-state index contributed by atoms with van der Waals surface area (Å²) in [7, 11) is -4.28. The van der Waals surface area contributed by atoms with Crippen molar-refractivity contribution in [3.05, 3.63) is 81.0 Å². The van der Waals surface area contributed by atoms with Gasteiger partial charge in [0.15, 0.2) is 4.90 Å². The Hall–Kier alpha value is -4.14. The van der Waals surface area contributed by atoms with Crippen LogP contribution < -0.4 is 19.5 Å². The second-order valence-electron chi connectivity index (χ2n) is 9.70. The first kappa shape index (κ1) is 30.3. The van der Waals surface area contributed by atoms with Crippen LogP contribution in [0.5, 0.6) is 11.6 Å². The standard InChI is InChI=1S/C28H29ClFN5O7S/c1-3-34-16-24(27(33-34)40-12-11-36)43(38,39)35-15-19(8-10-25-31-32-28(37)42-25)41-23-9-7-18(14-22(23)35)13-17(2)26-20(29)5-4-6-21(26)30/h4-7,9,13-14,16,19,36H,3,8,10-12,15H2,1-2H3,(H,32,37)/b17-13+/t19-/m0/s1.